The van der Waals surface area contributed by atoms with E-state index in [0.29, 0.717) is 24.3 Å². The minimum atomic E-state index is -0.715. The third-order valence-corrected chi connectivity index (χ3v) is 6.64. The summed E-state index contributed by atoms with van der Waals surface area (Å²) in [5, 5.41) is 4.64. The number of carbonyl (C=O) groups excluding carboxylic acids is 1. The van der Waals surface area contributed by atoms with Gasteiger partial charge in [-0.3, -0.25) is 4.68 Å². The fraction of sp³-hybridized carbons (Fsp3) is 0.440. The Bertz CT molecular complexity index is 1290. The van der Waals surface area contributed by atoms with Gasteiger partial charge in [-0.1, -0.05) is 23.2 Å². The molecule has 2 aromatic heterocycles. The quantitative estimate of drug-likeness (QED) is 0.383. The first-order chi connectivity index (χ1) is 17.4. The summed E-state index contributed by atoms with van der Waals surface area (Å²) in [4.78, 5) is 22.7. The first-order valence-corrected chi connectivity index (χ1v) is 12.6. The van der Waals surface area contributed by atoms with E-state index in [2.05, 4.69) is 15.1 Å². The maximum absolute atomic E-state index is 13.9. The minimum Gasteiger partial charge on any atom is -0.467 e. The maximum atomic E-state index is 13.9. The predicted molar refractivity (Wildman–Crippen MR) is 139 cm³/mol. The largest absolute Gasteiger partial charge is 0.467 e. The van der Waals surface area contributed by atoms with Crippen LogP contribution < -0.4 is 10.5 Å². The van der Waals surface area contributed by atoms with Crippen LogP contribution >= 0.6 is 23.2 Å². The number of nitrogens with zero attached hydrogens (tertiary/aromatic N) is 5. The Morgan fingerprint density at radius 2 is 1.92 bits per heavy atom. The van der Waals surface area contributed by atoms with Crippen LogP contribution in [0.4, 0.5) is 15.0 Å². The molecule has 1 aliphatic rings. The van der Waals surface area contributed by atoms with E-state index in [0.717, 1.165) is 18.4 Å². The van der Waals surface area contributed by atoms with E-state index in [1.807, 2.05) is 31.6 Å². The van der Waals surface area contributed by atoms with Crippen molar-refractivity contribution in [3.8, 4) is 17.1 Å². The highest BCUT2D eigenvalue weighted by Gasteiger charge is 2.28. The highest BCUT2D eigenvalue weighted by molar-refractivity contribution is 6.36. The molecule has 0 radical (unpaired) electrons. The standard InChI is InChI=1S/C25H29Cl2FN6O3/c1-14(20-17(26)5-6-18(28)21(20)27)36-23-22(29)32-19(12-30-23)15-11-31-34(13-15)16-7-9-33(10-8-16)24(35)37-25(2,3)4/h5-6,11-14,16H,7-10H2,1-4H3,(H2,29,32)/t14-/m1/s1. The number of hydrogen-bond acceptors (Lipinski definition) is 7. The average Bonchev–Trinajstić information content (AvgIpc) is 3.32. The fourth-order valence-electron chi connectivity index (χ4n) is 4.07. The van der Waals surface area contributed by atoms with Gasteiger partial charge in [-0.25, -0.2) is 19.2 Å². The molecule has 198 valence electrons. The molecular weight excluding hydrogens is 522 g/mol. The van der Waals surface area contributed by atoms with Crippen LogP contribution in [-0.4, -0.2) is 49.4 Å². The summed E-state index contributed by atoms with van der Waals surface area (Å²) in [7, 11) is 0. The zero-order valence-corrected chi connectivity index (χ0v) is 22.6. The summed E-state index contributed by atoms with van der Waals surface area (Å²) in [5.41, 5.74) is 7.15. The number of ether oxygens (including phenoxy) is 2. The topological polar surface area (TPSA) is 108 Å². The number of nitrogens with two attached hydrogens (primary N) is 1. The number of likely N-dealkylation sites (tertiary alicyclic amines) is 1. The Labute approximate surface area is 224 Å². The van der Waals surface area contributed by atoms with Gasteiger partial charge in [-0.2, -0.15) is 5.10 Å². The Balaban J connectivity index is 1.41. The molecule has 37 heavy (non-hydrogen) atoms. The van der Waals surface area contributed by atoms with Gasteiger partial charge in [-0.05, 0) is 52.7 Å². The van der Waals surface area contributed by atoms with Gasteiger partial charge in [0.15, 0.2) is 5.82 Å². The molecule has 0 saturated carbocycles. The van der Waals surface area contributed by atoms with E-state index in [9.17, 15) is 9.18 Å². The van der Waals surface area contributed by atoms with Crippen LogP contribution in [0.15, 0.2) is 30.7 Å². The van der Waals surface area contributed by atoms with Crippen LogP contribution in [0.25, 0.3) is 11.3 Å². The SMILES string of the molecule is C[C@@H](Oc1ncc(-c2cnn(C3CCN(C(=O)OC(C)(C)C)CC3)c2)nc1N)c1c(Cl)ccc(F)c1Cl. The monoisotopic (exact) mass is 550 g/mol. The number of aromatic nitrogens is 4. The number of nitrogen functional groups attached to an aromatic ring is 1. The molecule has 12 heteroatoms. The molecular formula is C25H29Cl2FN6O3. The van der Waals surface area contributed by atoms with Crippen LogP contribution in [0, 0.1) is 5.82 Å². The molecule has 1 aliphatic heterocycles. The van der Waals surface area contributed by atoms with Crippen molar-refractivity contribution in [1.29, 1.82) is 0 Å². The van der Waals surface area contributed by atoms with Crippen molar-refractivity contribution in [2.75, 3.05) is 18.8 Å². The summed E-state index contributed by atoms with van der Waals surface area (Å²) in [6.07, 6.45) is 5.60. The zero-order chi connectivity index (χ0) is 26.9. The van der Waals surface area contributed by atoms with Crippen LogP contribution in [0.5, 0.6) is 5.88 Å². The van der Waals surface area contributed by atoms with Gasteiger partial charge >= 0.3 is 6.09 Å². The number of benzene rings is 1. The summed E-state index contributed by atoms with van der Waals surface area (Å²) < 4.78 is 27.0. The van der Waals surface area contributed by atoms with Gasteiger partial charge in [0, 0.05) is 35.4 Å². The van der Waals surface area contributed by atoms with Gasteiger partial charge in [0.05, 0.1) is 29.2 Å². The number of halogens is 3. The second kappa shape index (κ2) is 10.7. The highest BCUT2D eigenvalue weighted by Crippen LogP contribution is 2.35. The summed E-state index contributed by atoms with van der Waals surface area (Å²) in [5.74, 6) is -0.459. The molecule has 4 rings (SSSR count). The van der Waals surface area contributed by atoms with Crippen molar-refractivity contribution >= 4 is 35.1 Å². The molecule has 1 saturated heterocycles. The zero-order valence-electron chi connectivity index (χ0n) is 21.0. The number of amides is 1. The molecule has 1 fully saturated rings. The van der Waals surface area contributed by atoms with Crippen LogP contribution in [0.2, 0.25) is 10.0 Å². The van der Waals surface area contributed by atoms with Gasteiger partial charge < -0.3 is 20.1 Å². The molecule has 1 amide bonds. The third-order valence-electron chi connectivity index (χ3n) is 5.93. The maximum Gasteiger partial charge on any atom is 0.410 e. The number of anilines is 1. The summed E-state index contributed by atoms with van der Waals surface area (Å²) in [6, 6.07) is 2.74. The molecule has 1 aromatic carbocycles. The number of piperidine rings is 1. The van der Waals surface area contributed by atoms with E-state index >= 15 is 0 Å². The van der Waals surface area contributed by atoms with E-state index in [1.165, 1.54) is 18.3 Å². The molecule has 0 unspecified atom stereocenters. The van der Waals surface area contributed by atoms with Crippen molar-refractivity contribution in [3.63, 3.8) is 0 Å². The van der Waals surface area contributed by atoms with Crippen molar-refractivity contribution in [2.24, 2.45) is 0 Å². The average molecular weight is 551 g/mol. The molecule has 2 N–H and O–H groups in total. The lowest BCUT2D eigenvalue weighted by atomic mass is 10.1. The molecule has 0 aliphatic carbocycles. The van der Waals surface area contributed by atoms with Gasteiger partial charge in [0.2, 0.25) is 0 Å². The smallest absolute Gasteiger partial charge is 0.410 e. The lowest BCUT2D eigenvalue weighted by molar-refractivity contribution is 0.0185. The van der Waals surface area contributed by atoms with Gasteiger partial charge in [0.1, 0.15) is 17.5 Å². The van der Waals surface area contributed by atoms with Crippen molar-refractivity contribution in [3.05, 3.63) is 52.1 Å². The fourth-order valence-corrected chi connectivity index (χ4v) is 4.75. The van der Waals surface area contributed by atoms with Crippen molar-refractivity contribution in [2.45, 2.75) is 58.3 Å². The van der Waals surface area contributed by atoms with Gasteiger partial charge in [-0.15, -0.1) is 0 Å². The molecule has 9 nitrogen and oxygen atoms in total. The van der Waals surface area contributed by atoms with E-state index < -0.39 is 17.5 Å². The molecule has 0 bridgehead atoms. The number of carbonyl (C=O) groups is 1. The third kappa shape index (κ3) is 6.24. The van der Waals surface area contributed by atoms with Crippen molar-refractivity contribution < 1.29 is 18.7 Å². The van der Waals surface area contributed by atoms with E-state index in [4.69, 9.17) is 38.4 Å². The minimum absolute atomic E-state index is 0.0615. The normalized spacial score (nSPS) is 15.5. The van der Waals surface area contributed by atoms with Gasteiger partial charge in [0.25, 0.3) is 5.88 Å². The van der Waals surface area contributed by atoms with Crippen LogP contribution in [0.1, 0.15) is 58.2 Å². The first kappa shape index (κ1) is 26.9. The molecule has 1 atom stereocenters. The molecule has 3 aromatic rings. The van der Waals surface area contributed by atoms with E-state index in [-0.39, 0.29) is 33.9 Å². The predicted octanol–water partition coefficient (Wildman–Crippen LogP) is 6.08. The molecule has 3 heterocycles. The Morgan fingerprint density at radius 3 is 2.57 bits per heavy atom. The van der Waals surface area contributed by atoms with Crippen LogP contribution in [-0.2, 0) is 4.74 Å². The number of hydrogen-bond donors (Lipinski definition) is 1. The van der Waals surface area contributed by atoms with Crippen molar-refractivity contribution in [1.82, 2.24) is 24.6 Å². The summed E-state index contributed by atoms with van der Waals surface area (Å²) >= 11 is 12.3. The summed E-state index contributed by atoms with van der Waals surface area (Å²) in [6.45, 7) is 8.41. The molecule has 0 spiro atoms. The second-order valence-corrected chi connectivity index (χ2v) is 10.7. The second-order valence-electron chi connectivity index (χ2n) is 9.87. The lowest BCUT2D eigenvalue weighted by Crippen LogP contribution is -2.42. The Hall–Kier alpha value is -3.11. The highest BCUT2D eigenvalue weighted by atomic mass is 35.5. The Morgan fingerprint density at radius 1 is 1.22 bits per heavy atom. The van der Waals surface area contributed by atoms with Crippen LogP contribution in [0.3, 0.4) is 0 Å². The Kier molecular flexibility index (Phi) is 7.80. The van der Waals surface area contributed by atoms with E-state index in [1.54, 1.807) is 18.0 Å². The first-order valence-electron chi connectivity index (χ1n) is 11.9. The number of rotatable bonds is 5. The lowest BCUT2D eigenvalue weighted by Gasteiger charge is -2.33.